The van der Waals surface area contributed by atoms with E-state index in [0.29, 0.717) is 12.5 Å². The molecule has 2 nitrogen and oxygen atoms in total. The van der Waals surface area contributed by atoms with Crippen LogP contribution in [0.15, 0.2) is 47.6 Å². The van der Waals surface area contributed by atoms with Crippen molar-refractivity contribution in [2.75, 3.05) is 12.3 Å². The molecule has 0 aliphatic carbocycles. The van der Waals surface area contributed by atoms with E-state index in [-0.39, 0.29) is 0 Å². The molecule has 1 aromatic heterocycles. The predicted octanol–water partition coefficient (Wildman–Crippen LogP) is 3.22. The number of H-pyrrole nitrogens is 1. The van der Waals surface area contributed by atoms with E-state index < -0.39 is 0 Å². The molecule has 2 rings (SSSR count). The Kier molecular flexibility index (Phi) is 4.29. The second-order valence-corrected chi connectivity index (χ2v) is 5.27. The number of hydrogen-bond acceptors (Lipinski definition) is 2. The summed E-state index contributed by atoms with van der Waals surface area (Å²) in [5.74, 6) is 1.40. The molecule has 17 heavy (non-hydrogen) atoms. The molecule has 1 heterocycles. The fourth-order valence-corrected chi connectivity index (χ4v) is 2.64. The third kappa shape index (κ3) is 2.93. The van der Waals surface area contributed by atoms with Gasteiger partial charge in [0.1, 0.15) is 0 Å². The van der Waals surface area contributed by atoms with Gasteiger partial charge in [-0.25, -0.2) is 0 Å². The van der Waals surface area contributed by atoms with Crippen LogP contribution in [0.4, 0.5) is 0 Å². The molecule has 90 valence electrons. The number of aromatic amines is 1. The molecule has 1 unspecified atom stereocenters. The van der Waals surface area contributed by atoms with Crippen molar-refractivity contribution >= 4 is 11.8 Å². The number of rotatable bonds is 5. The van der Waals surface area contributed by atoms with Crippen LogP contribution in [0, 0.1) is 0 Å². The Morgan fingerprint density at radius 3 is 2.47 bits per heavy atom. The molecule has 3 heteroatoms. The number of nitrogens with two attached hydrogens (primary N) is 1. The van der Waals surface area contributed by atoms with Crippen LogP contribution in [-0.2, 0) is 0 Å². The molecule has 0 radical (unpaired) electrons. The molecule has 0 aliphatic heterocycles. The van der Waals surface area contributed by atoms with Crippen LogP contribution < -0.4 is 5.73 Å². The molecule has 2 aromatic rings. The maximum absolute atomic E-state index is 5.87. The van der Waals surface area contributed by atoms with Crippen molar-refractivity contribution < 1.29 is 0 Å². The third-order valence-electron chi connectivity index (χ3n) is 2.85. The van der Waals surface area contributed by atoms with E-state index in [4.69, 9.17) is 5.73 Å². The number of benzene rings is 1. The predicted molar refractivity (Wildman–Crippen MR) is 74.5 cm³/mol. The Labute approximate surface area is 107 Å². The zero-order valence-electron chi connectivity index (χ0n) is 10.0. The van der Waals surface area contributed by atoms with Gasteiger partial charge in [-0.2, -0.15) is 0 Å². The van der Waals surface area contributed by atoms with Crippen molar-refractivity contribution in [1.29, 1.82) is 0 Å². The first-order valence-electron chi connectivity index (χ1n) is 5.90. The van der Waals surface area contributed by atoms with Gasteiger partial charge in [-0.3, -0.25) is 0 Å². The standard InChI is InChI=1S/C14H18N2S/c1-2-17-13-5-3-11(4-6-13)14(9-15)12-7-8-16-10-12/h3-8,10,14,16H,2,9,15H2,1H3. The smallest absolute Gasteiger partial charge is 0.0227 e. The van der Waals surface area contributed by atoms with Crippen molar-refractivity contribution in [1.82, 2.24) is 4.98 Å². The molecular formula is C14H18N2S. The van der Waals surface area contributed by atoms with Crippen LogP contribution in [-0.4, -0.2) is 17.3 Å². The quantitative estimate of drug-likeness (QED) is 0.795. The zero-order chi connectivity index (χ0) is 12.1. The highest BCUT2D eigenvalue weighted by Crippen LogP contribution is 2.26. The van der Waals surface area contributed by atoms with Crippen LogP contribution in [0.3, 0.4) is 0 Å². The van der Waals surface area contributed by atoms with Crippen LogP contribution in [0.25, 0.3) is 0 Å². The van der Waals surface area contributed by atoms with E-state index in [2.05, 4.69) is 42.2 Å². The molecule has 0 aliphatic rings. The van der Waals surface area contributed by atoms with E-state index in [1.807, 2.05) is 24.2 Å². The highest BCUT2D eigenvalue weighted by atomic mass is 32.2. The number of aromatic nitrogens is 1. The topological polar surface area (TPSA) is 41.8 Å². The summed E-state index contributed by atoms with van der Waals surface area (Å²) < 4.78 is 0. The Hall–Kier alpha value is -1.19. The van der Waals surface area contributed by atoms with E-state index >= 15 is 0 Å². The van der Waals surface area contributed by atoms with Crippen LogP contribution >= 0.6 is 11.8 Å². The average Bonchev–Trinajstić information content (AvgIpc) is 2.86. The summed E-state index contributed by atoms with van der Waals surface area (Å²) in [7, 11) is 0. The SMILES string of the molecule is CCSc1ccc(C(CN)c2cc[nH]c2)cc1. The van der Waals surface area contributed by atoms with Gasteiger partial charge in [0, 0.05) is 29.8 Å². The molecule has 1 atom stereocenters. The highest BCUT2D eigenvalue weighted by molar-refractivity contribution is 7.99. The molecule has 0 amide bonds. The first-order valence-corrected chi connectivity index (χ1v) is 6.89. The number of hydrogen-bond donors (Lipinski definition) is 2. The van der Waals surface area contributed by atoms with Crippen LogP contribution in [0.2, 0.25) is 0 Å². The van der Waals surface area contributed by atoms with Gasteiger partial charge < -0.3 is 10.7 Å². The molecule has 0 spiro atoms. The summed E-state index contributed by atoms with van der Waals surface area (Å²) >= 11 is 1.86. The molecule has 3 N–H and O–H groups in total. The normalized spacial score (nSPS) is 12.6. The molecular weight excluding hydrogens is 228 g/mol. The zero-order valence-corrected chi connectivity index (χ0v) is 10.8. The highest BCUT2D eigenvalue weighted by Gasteiger charge is 2.12. The lowest BCUT2D eigenvalue weighted by atomic mass is 9.93. The van der Waals surface area contributed by atoms with Gasteiger partial charge in [-0.05, 0) is 35.1 Å². The fraction of sp³-hybridized carbons (Fsp3) is 0.286. The van der Waals surface area contributed by atoms with Crippen LogP contribution in [0.1, 0.15) is 24.0 Å². The summed E-state index contributed by atoms with van der Waals surface area (Å²) in [5.41, 5.74) is 8.41. The minimum absolute atomic E-state index is 0.293. The van der Waals surface area contributed by atoms with E-state index in [1.54, 1.807) is 0 Å². The lowest BCUT2D eigenvalue weighted by Crippen LogP contribution is -2.13. The number of thioether (sulfide) groups is 1. The fourth-order valence-electron chi connectivity index (χ4n) is 1.98. The van der Waals surface area contributed by atoms with Crippen molar-refractivity contribution in [3.8, 4) is 0 Å². The van der Waals surface area contributed by atoms with Gasteiger partial charge in [-0.1, -0.05) is 19.1 Å². The maximum Gasteiger partial charge on any atom is 0.0227 e. The molecule has 0 saturated heterocycles. The maximum atomic E-state index is 5.87. The van der Waals surface area contributed by atoms with Crippen molar-refractivity contribution in [3.63, 3.8) is 0 Å². The summed E-state index contributed by atoms with van der Waals surface area (Å²) in [6, 6.07) is 10.8. The number of nitrogens with one attached hydrogen (secondary N) is 1. The largest absolute Gasteiger partial charge is 0.367 e. The van der Waals surface area contributed by atoms with Gasteiger partial charge >= 0.3 is 0 Å². The second-order valence-electron chi connectivity index (χ2n) is 3.93. The summed E-state index contributed by atoms with van der Waals surface area (Å²) in [5, 5.41) is 0. The molecule has 1 aromatic carbocycles. The average molecular weight is 246 g/mol. The lowest BCUT2D eigenvalue weighted by molar-refractivity contribution is 0.819. The first kappa shape index (κ1) is 12.3. The minimum atomic E-state index is 0.293. The Morgan fingerprint density at radius 1 is 1.18 bits per heavy atom. The minimum Gasteiger partial charge on any atom is -0.367 e. The third-order valence-corrected chi connectivity index (χ3v) is 3.75. The Balaban J connectivity index is 2.20. The van der Waals surface area contributed by atoms with Gasteiger partial charge in [-0.15, -0.1) is 11.8 Å². The van der Waals surface area contributed by atoms with Crippen molar-refractivity contribution in [2.45, 2.75) is 17.7 Å². The monoisotopic (exact) mass is 246 g/mol. The Morgan fingerprint density at radius 2 is 1.94 bits per heavy atom. The van der Waals surface area contributed by atoms with E-state index in [0.717, 1.165) is 5.75 Å². The van der Waals surface area contributed by atoms with Gasteiger partial charge in [0.15, 0.2) is 0 Å². The molecule has 0 fully saturated rings. The second kappa shape index (κ2) is 5.94. The Bertz CT molecular complexity index is 434. The van der Waals surface area contributed by atoms with Gasteiger partial charge in [0.2, 0.25) is 0 Å². The van der Waals surface area contributed by atoms with Crippen LogP contribution in [0.5, 0.6) is 0 Å². The van der Waals surface area contributed by atoms with Crippen molar-refractivity contribution in [2.24, 2.45) is 5.73 Å². The summed E-state index contributed by atoms with van der Waals surface area (Å²) in [6.45, 7) is 2.80. The summed E-state index contributed by atoms with van der Waals surface area (Å²) in [6.07, 6.45) is 3.96. The summed E-state index contributed by atoms with van der Waals surface area (Å²) in [4.78, 5) is 4.41. The molecule has 0 bridgehead atoms. The van der Waals surface area contributed by atoms with Gasteiger partial charge in [0.05, 0.1) is 0 Å². The lowest BCUT2D eigenvalue weighted by Gasteiger charge is -2.14. The van der Waals surface area contributed by atoms with E-state index in [1.165, 1.54) is 16.0 Å². The van der Waals surface area contributed by atoms with Gasteiger partial charge in [0.25, 0.3) is 0 Å². The first-order chi connectivity index (χ1) is 8.35. The van der Waals surface area contributed by atoms with Crippen molar-refractivity contribution in [3.05, 3.63) is 53.9 Å². The van der Waals surface area contributed by atoms with E-state index in [9.17, 15) is 0 Å². The molecule has 0 saturated carbocycles.